The lowest BCUT2D eigenvalue weighted by Gasteiger charge is -2.34. The maximum absolute atomic E-state index is 12.2. The zero-order valence-corrected chi connectivity index (χ0v) is 16.6. The highest BCUT2D eigenvalue weighted by Gasteiger charge is 2.21. The third kappa shape index (κ3) is 4.92. The minimum Gasteiger partial charge on any atom is -0.363 e. The summed E-state index contributed by atoms with van der Waals surface area (Å²) < 4.78 is 0.993. The number of nitrogens with one attached hydrogen (secondary N) is 1. The Labute approximate surface area is 162 Å². The molecule has 0 atom stereocenters. The first-order valence-corrected chi connectivity index (χ1v) is 9.33. The van der Waals surface area contributed by atoms with Crippen LogP contribution in [0.2, 0.25) is 0 Å². The average molecular weight is 419 g/mol. The first-order chi connectivity index (χ1) is 12.5. The van der Waals surface area contributed by atoms with Crippen LogP contribution in [0, 0.1) is 0 Å². The Kier molecular flexibility index (Phi) is 6.05. The van der Waals surface area contributed by atoms with Crippen molar-refractivity contribution in [3.05, 3.63) is 41.0 Å². The van der Waals surface area contributed by atoms with Crippen LogP contribution >= 0.6 is 15.9 Å². The fourth-order valence-electron chi connectivity index (χ4n) is 2.78. The van der Waals surface area contributed by atoms with Gasteiger partial charge in [-0.2, -0.15) is 4.98 Å². The molecule has 26 heavy (non-hydrogen) atoms. The number of benzene rings is 1. The third-order valence-electron chi connectivity index (χ3n) is 4.24. The summed E-state index contributed by atoms with van der Waals surface area (Å²) in [6.07, 6.45) is 1.79. The standard InChI is InChI=1S/C18H23BrN6O/c1-23(2)16-7-8-20-18(22-16)25-11-9-24(10-12-25)13-17(26)21-15-5-3-14(19)4-6-15/h3-8H,9-13H2,1-2H3,(H,21,26). The fraction of sp³-hybridized carbons (Fsp3) is 0.389. The molecule has 2 heterocycles. The van der Waals surface area contributed by atoms with Gasteiger partial charge in [0.15, 0.2) is 0 Å². The second-order valence-electron chi connectivity index (χ2n) is 6.43. The van der Waals surface area contributed by atoms with Gasteiger partial charge < -0.3 is 15.1 Å². The minimum atomic E-state index is 0.00614. The molecule has 0 spiro atoms. The number of amides is 1. The van der Waals surface area contributed by atoms with Crippen LogP contribution in [0.1, 0.15) is 0 Å². The Morgan fingerprint density at radius 1 is 1.15 bits per heavy atom. The van der Waals surface area contributed by atoms with Gasteiger partial charge in [-0.3, -0.25) is 9.69 Å². The van der Waals surface area contributed by atoms with Crippen LogP contribution in [-0.4, -0.2) is 67.6 Å². The third-order valence-corrected chi connectivity index (χ3v) is 4.77. The van der Waals surface area contributed by atoms with Crippen molar-refractivity contribution in [3.63, 3.8) is 0 Å². The number of halogens is 1. The first kappa shape index (κ1) is 18.6. The molecule has 138 valence electrons. The molecule has 1 fully saturated rings. The van der Waals surface area contributed by atoms with Gasteiger partial charge in [-0.15, -0.1) is 0 Å². The minimum absolute atomic E-state index is 0.00614. The number of anilines is 3. The Morgan fingerprint density at radius 2 is 1.85 bits per heavy atom. The van der Waals surface area contributed by atoms with E-state index < -0.39 is 0 Å². The lowest BCUT2D eigenvalue weighted by molar-refractivity contribution is -0.117. The Balaban J connectivity index is 1.49. The number of rotatable bonds is 5. The predicted octanol–water partition coefficient (Wildman–Crippen LogP) is 2.07. The van der Waals surface area contributed by atoms with Crippen molar-refractivity contribution in [3.8, 4) is 0 Å². The van der Waals surface area contributed by atoms with Gasteiger partial charge in [0.1, 0.15) is 5.82 Å². The SMILES string of the molecule is CN(C)c1ccnc(N2CCN(CC(=O)Nc3ccc(Br)cc3)CC2)n1. The van der Waals surface area contributed by atoms with Crippen LogP contribution in [0.15, 0.2) is 41.0 Å². The van der Waals surface area contributed by atoms with Crippen LogP contribution < -0.4 is 15.1 Å². The number of aromatic nitrogens is 2. The quantitative estimate of drug-likeness (QED) is 0.801. The van der Waals surface area contributed by atoms with Crippen LogP contribution in [0.25, 0.3) is 0 Å². The van der Waals surface area contributed by atoms with Crippen LogP contribution in [0.3, 0.4) is 0 Å². The molecule has 8 heteroatoms. The van der Waals surface area contributed by atoms with Crippen molar-refractivity contribution >= 4 is 39.3 Å². The molecule has 1 aliphatic heterocycles. The normalized spacial score (nSPS) is 15.0. The number of piperazine rings is 1. The van der Waals surface area contributed by atoms with E-state index in [9.17, 15) is 4.79 Å². The van der Waals surface area contributed by atoms with Crippen molar-refractivity contribution in [2.24, 2.45) is 0 Å². The lowest BCUT2D eigenvalue weighted by atomic mass is 10.3. The van der Waals surface area contributed by atoms with Crippen molar-refractivity contribution in [2.45, 2.75) is 0 Å². The summed E-state index contributed by atoms with van der Waals surface area (Å²) in [5.41, 5.74) is 0.811. The van der Waals surface area contributed by atoms with Crippen LogP contribution in [0.5, 0.6) is 0 Å². The van der Waals surface area contributed by atoms with Gasteiger partial charge in [0.2, 0.25) is 11.9 Å². The smallest absolute Gasteiger partial charge is 0.238 e. The molecular formula is C18H23BrN6O. The fourth-order valence-corrected chi connectivity index (χ4v) is 3.05. The van der Waals surface area contributed by atoms with E-state index in [1.807, 2.05) is 49.3 Å². The first-order valence-electron chi connectivity index (χ1n) is 8.54. The molecule has 1 amide bonds. The van der Waals surface area contributed by atoms with Crippen LogP contribution in [0.4, 0.5) is 17.5 Å². The van der Waals surface area contributed by atoms with E-state index in [0.717, 1.165) is 48.1 Å². The maximum atomic E-state index is 12.2. The molecule has 1 aromatic heterocycles. The molecule has 2 aromatic rings. The average Bonchev–Trinajstić information content (AvgIpc) is 2.64. The Bertz CT molecular complexity index is 744. The van der Waals surface area contributed by atoms with E-state index in [2.05, 4.69) is 41.0 Å². The predicted molar refractivity (Wildman–Crippen MR) is 108 cm³/mol. The largest absolute Gasteiger partial charge is 0.363 e. The number of hydrogen-bond acceptors (Lipinski definition) is 6. The zero-order valence-electron chi connectivity index (χ0n) is 15.0. The van der Waals surface area contributed by atoms with E-state index >= 15 is 0 Å². The number of hydrogen-bond donors (Lipinski definition) is 1. The van der Waals surface area contributed by atoms with Crippen molar-refractivity contribution in [1.82, 2.24) is 14.9 Å². The molecule has 1 saturated heterocycles. The van der Waals surface area contributed by atoms with Crippen molar-refractivity contribution < 1.29 is 4.79 Å². The zero-order chi connectivity index (χ0) is 18.5. The van der Waals surface area contributed by atoms with Gasteiger partial charge in [0.05, 0.1) is 6.54 Å². The molecule has 1 aliphatic rings. The lowest BCUT2D eigenvalue weighted by Crippen LogP contribution is -2.49. The van der Waals surface area contributed by atoms with Gasteiger partial charge in [-0.25, -0.2) is 4.98 Å². The molecule has 1 aromatic carbocycles. The Morgan fingerprint density at radius 3 is 2.50 bits per heavy atom. The van der Waals surface area contributed by atoms with E-state index in [-0.39, 0.29) is 5.91 Å². The summed E-state index contributed by atoms with van der Waals surface area (Å²) in [5, 5.41) is 2.93. The molecule has 7 nitrogen and oxygen atoms in total. The van der Waals surface area contributed by atoms with Crippen molar-refractivity contribution in [1.29, 1.82) is 0 Å². The second-order valence-corrected chi connectivity index (χ2v) is 7.34. The summed E-state index contributed by atoms with van der Waals surface area (Å²) in [4.78, 5) is 27.5. The van der Waals surface area contributed by atoms with Gasteiger partial charge in [0.25, 0.3) is 0 Å². The summed E-state index contributed by atoms with van der Waals surface area (Å²) in [6, 6.07) is 9.49. The second kappa shape index (κ2) is 8.46. The van der Waals surface area contributed by atoms with Gasteiger partial charge >= 0.3 is 0 Å². The van der Waals surface area contributed by atoms with Crippen LogP contribution in [-0.2, 0) is 4.79 Å². The molecule has 0 bridgehead atoms. The van der Waals surface area contributed by atoms with Gasteiger partial charge in [-0.05, 0) is 30.3 Å². The summed E-state index contributed by atoms with van der Waals surface area (Å²) >= 11 is 3.39. The molecule has 0 radical (unpaired) electrons. The van der Waals surface area contributed by atoms with Gasteiger partial charge in [0, 0.05) is 56.6 Å². The molecule has 3 rings (SSSR count). The highest BCUT2D eigenvalue weighted by Crippen LogP contribution is 2.16. The summed E-state index contributed by atoms with van der Waals surface area (Å²) in [6.45, 7) is 3.63. The van der Waals surface area contributed by atoms with Gasteiger partial charge in [-0.1, -0.05) is 15.9 Å². The highest BCUT2D eigenvalue weighted by atomic mass is 79.9. The molecule has 1 N–H and O–H groups in total. The topological polar surface area (TPSA) is 64.6 Å². The van der Waals surface area contributed by atoms with E-state index in [1.54, 1.807) is 6.20 Å². The monoisotopic (exact) mass is 418 g/mol. The molecular weight excluding hydrogens is 396 g/mol. The highest BCUT2D eigenvalue weighted by molar-refractivity contribution is 9.10. The maximum Gasteiger partial charge on any atom is 0.238 e. The molecule has 0 unspecified atom stereocenters. The number of nitrogens with zero attached hydrogens (tertiary/aromatic N) is 5. The number of carbonyl (C=O) groups excluding carboxylic acids is 1. The van der Waals surface area contributed by atoms with E-state index in [1.165, 1.54) is 0 Å². The number of carbonyl (C=O) groups is 1. The molecule has 0 aliphatic carbocycles. The summed E-state index contributed by atoms with van der Waals surface area (Å²) in [7, 11) is 3.93. The summed E-state index contributed by atoms with van der Waals surface area (Å²) in [5.74, 6) is 1.65. The van der Waals surface area contributed by atoms with E-state index in [0.29, 0.717) is 6.54 Å². The Hall–Kier alpha value is -2.19. The van der Waals surface area contributed by atoms with E-state index in [4.69, 9.17) is 0 Å². The van der Waals surface area contributed by atoms with Crippen molar-refractivity contribution in [2.75, 3.05) is 61.9 Å². The molecule has 0 saturated carbocycles.